The molecular formula is C15H26N4. The van der Waals surface area contributed by atoms with Crippen molar-refractivity contribution in [3.05, 3.63) is 30.1 Å². The Balaban J connectivity index is 2.76. The van der Waals surface area contributed by atoms with Gasteiger partial charge in [0.25, 0.3) is 0 Å². The quantitative estimate of drug-likeness (QED) is 0.611. The van der Waals surface area contributed by atoms with Gasteiger partial charge in [0, 0.05) is 37.9 Å². The molecule has 0 amide bonds. The van der Waals surface area contributed by atoms with Crippen LogP contribution in [-0.2, 0) is 0 Å². The largest absolute Gasteiger partial charge is 0.357 e. The van der Waals surface area contributed by atoms with Crippen molar-refractivity contribution in [2.45, 2.75) is 33.6 Å². The van der Waals surface area contributed by atoms with Crippen molar-refractivity contribution in [2.24, 2.45) is 10.9 Å². The van der Waals surface area contributed by atoms with E-state index in [9.17, 15) is 0 Å². The Morgan fingerprint density at radius 3 is 2.42 bits per heavy atom. The smallest absolute Gasteiger partial charge is 0.191 e. The maximum Gasteiger partial charge on any atom is 0.191 e. The van der Waals surface area contributed by atoms with Crippen molar-refractivity contribution in [2.75, 3.05) is 19.6 Å². The summed E-state index contributed by atoms with van der Waals surface area (Å²) in [4.78, 5) is 8.88. The second kappa shape index (κ2) is 8.51. The van der Waals surface area contributed by atoms with Gasteiger partial charge >= 0.3 is 0 Å². The Morgan fingerprint density at radius 1 is 1.26 bits per heavy atom. The highest BCUT2D eigenvalue weighted by Crippen LogP contribution is 2.23. The van der Waals surface area contributed by atoms with Crippen molar-refractivity contribution in [3.8, 4) is 0 Å². The molecule has 0 saturated heterocycles. The predicted molar refractivity (Wildman–Crippen MR) is 81.5 cm³/mol. The molecule has 0 fully saturated rings. The molecule has 0 unspecified atom stereocenters. The summed E-state index contributed by atoms with van der Waals surface area (Å²) in [6, 6.07) is 4.12. The Hall–Kier alpha value is -1.58. The molecule has 4 heteroatoms. The summed E-state index contributed by atoms with van der Waals surface area (Å²) in [5.41, 5.74) is 1.26. The van der Waals surface area contributed by atoms with Crippen LogP contribution in [0.2, 0.25) is 0 Å². The highest BCUT2D eigenvalue weighted by Gasteiger charge is 2.15. The second-order valence-electron chi connectivity index (χ2n) is 4.89. The van der Waals surface area contributed by atoms with Gasteiger partial charge < -0.3 is 10.6 Å². The summed E-state index contributed by atoms with van der Waals surface area (Å²) >= 11 is 0. The molecule has 0 spiro atoms. The number of rotatable bonds is 6. The number of aliphatic imine (C=N–C) groups is 1. The van der Waals surface area contributed by atoms with Crippen LogP contribution in [0.25, 0.3) is 0 Å². The first-order valence-corrected chi connectivity index (χ1v) is 7.11. The van der Waals surface area contributed by atoms with Gasteiger partial charge in [-0.25, -0.2) is 0 Å². The average Bonchev–Trinajstić information content (AvgIpc) is 2.40. The number of nitrogens with one attached hydrogen (secondary N) is 2. The van der Waals surface area contributed by atoms with E-state index < -0.39 is 0 Å². The zero-order valence-electron chi connectivity index (χ0n) is 12.5. The third-order valence-corrected chi connectivity index (χ3v) is 3.05. The lowest BCUT2D eigenvalue weighted by Crippen LogP contribution is -2.37. The number of hydrogen-bond donors (Lipinski definition) is 2. The molecule has 0 saturated carbocycles. The van der Waals surface area contributed by atoms with Gasteiger partial charge in [-0.1, -0.05) is 19.9 Å². The molecule has 0 bridgehead atoms. The van der Waals surface area contributed by atoms with Gasteiger partial charge in [-0.05, 0) is 31.4 Å². The average molecular weight is 262 g/mol. The molecular weight excluding hydrogens is 236 g/mol. The number of guanidine groups is 1. The molecule has 1 aromatic heterocycles. The molecule has 0 aliphatic rings. The predicted octanol–water partition coefficient (Wildman–Crippen LogP) is 2.40. The fraction of sp³-hybridized carbons (Fsp3) is 0.600. The van der Waals surface area contributed by atoms with Gasteiger partial charge in [-0.3, -0.25) is 9.98 Å². The first-order valence-electron chi connectivity index (χ1n) is 7.11. The highest BCUT2D eigenvalue weighted by atomic mass is 15.2. The van der Waals surface area contributed by atoms with Crippen LogP contribution in [-0.4, -0.2) is 30.6 Å². The van der Waals surface area contributed by atoms with Crippen molar-refractivity contribution in [1.29, 1.82) is 0 Å². The summed E-state index contributed by atoms with van der Waals surface area (Å²) in [6.07, 6.45) is 3.76. The topological polar surface area (TPSA) is 49.3 Å². The molecule has 4 nitrogen and oxygen atoms in total. The van der Waals surface area contributed by atoms with Gasteiger partial charge in [-0.2, -0.15) is 0 Å². The summed E-state index contributed by atoms with van der Waals surface area (Å²) in [5.74, 6) is 1.83. The van der Waals surface area contributed by atoms with Crippen molar-refractivity contribution in [1.82, 2.24) is 15.6 Å². The van der Waals surface area contributed by atoms with Crippen molar-refractivity contribution < 1.29 is 0 Å². The molecule has 0 aliphatic carbocycles. The third-order valence-electron chi connectivity index (χ3n) is 3.05. The Morgan fingerprint density at radius 2 is 1.95 bits per heavy atom. The molecule has 1 aromatic rings. The zero-order valence-corrected chi connectivity index (χ0v) is 12.5. The zero-order chi connectivity index (χ0) is 14.1. The van der Waals surface area contributed by atoms with E-state index in [1.807, 2.05) is 18.5 Å². The highest BCUT2D eigenvalue weighted by molar-refractivity contribution is 5.79. The van der Waals surface area contributed by atoms with Crippen LogP contribution in [0.4, 0.5) is 0 Å². The third kappa shape index (κ3) is 5.28. The van der Waals surface area contributed by atoms with E-state index in [4.69, 9.17) is 0 Å². The maximum atomic E-state index is 4.67. The Kier molecular flexibility index (Phi) is 6.93. The van der Waals surface area contributed by atoms with Crippen LogP contribution < -0.4 is 10.6 Å². The van der Waals surface area contributed by atoms with Crippen LogP contribution in [0.1, 0.15) is 39.2 Å². The van der Waals surface area contributed by atoms with Gasteiger partial charge in [0.15, 0.2) is 5.96 Å². The fourth-order valence-electron chi connectivity index (χ4n) is 2.00. The minimum atomic E-state index is 0.404. The number of nitrogens with zero attached hydrogens (tertiary/aromatic N) is 2. The Bertz CT molecular complexity index is 365. The normalized spacial score (nSPS) is 12.1. The summed E-state index contributed by atoms with van der Waals surface area (Å²) < 4.78 is 0. The summed E-state index contributed by atoms with van der Waals surface area (Å²) in [5, 5.41) is 6.51. The standard InChI is InChI=1S/C15H26N4/c1-5-17-15(18-6-2)19-11-14(12(3)4)13-8-7-9-16-10-13/h7-10,12,14H,5-6,11H2,1-4H3,(H2,17,18,19)/t14-/m0/s1. The van der Waals surface area contributed by atoms with E-state index in [0.717, 1.165) is 25.6 Å². The van der Waals surface area contributed by atoms with E-state index in [1.165, 1.54) is 5.56 Å². The van der Waals surface area contributed by atoms with E-state index in [2.05, 4.69) is 54.4 Å². The Labute approximate surface area is 116 Å². The molecule has 0 aliphatic heterocycles. The monoisotopic (exact) mass is 262 g/mol. The fourth-order valence-corrected chi connectivity index (χ4v) is 2.00. The van der Waals surface area contributed by atoms with Gasteiger partial charge in [0.2, 0.25) is 0 Å². The molecule has 1 heterocycles. The minimum Gasteiger partial charge on any atom is -0.357 e. The first kappa shape index (κ1) is 15.5. The van der Waals surface area contributed by atoms with E-state index in [1.54, 1.807) is 0 Å². The maximum absolute atomic E-state index is 4.67. The van der Waals surface area contributed by atoms with Gasteiger partial charge in [0.1, 0.15) is 0 Å². The van der Waals surface area contributed by atoms with Crippen LogP contribution in [0.5, 0.6) is 0 Å². The molecule has 19 heavy (non-hydrogen) atoms. The minimum absolute atomic E-state index is 0.404. The van der Waals surface area contributed by atoms with Crippen LogP contribution in [0.15, 0.2) is 29.5 Å². The molecule has 1 rings (SSSR count). The molecule has 1 atom stereocenters. The van der Waals surface area contributed by atoms with Crippen LogP contribution >= 0.6 is 0 Å². The lowest BCUT2D eigenvalue weighted by atomic mass is 9.89. The van der Waals surface area contributed by atoms with Crippen molar-refractivity contribution >= 4 is 5.96 Å². The van der Waals surface area contributed by atoms with Crippen LogP contribution in [0, 0.1) is 5.92 Å². The number of aromatic nitrogens is 1. The lowest BCUT2D eigenvalue weighted by molar-refractivity contribution is 0.504. The van der Waals surface area contributed by atoms with Gasteiger partial charge in [0.05, 0.1) is 0 Å². The number of hydrogen-bond acceptors (Lipinski definition) is 2. The SMILES string of the molecule is CCNC(=NC[C@H](c1cccnc1)C(C)C)NCC. The van der Waals surface area contributed by atoms with E-state index >= 15 is 0 Å². The molecule has 0 radical (unpaired) electrons. The second-order valence-corrected chi connectivity index (χ2v) is 4.89. The van der Waals surface area contributed by atoms with E-state index in [0.29, 0.717) is 11.8 Å². The molecule has 2 N–H and O–H groups in total. The molecule has 0 aromatic carbocycles. The van der Waals surface area contributed by atoms with E-state index in [-0.39, 0.29) is 0 Å². The summed E-state index contributed by atoms with van der Waals surface area (Å²) in [6.45, 7) is 11.2. The number of pyridine rings is 1. The molecule has 106 valence electrons. The van der Waals surface area contributed by atoms with Gasteiger partial charge in [-0.15, -0.1) is 0 Å². The summed E-state index contributed by atoms with van der Waals surface area (Å²) in [7, 11) is 0. The lowest BCUT2D eigenvalue weighted by Gasteiger charge is -2.20. The van der Waals surface area contributed by atoms with Crippen LogP contribution in [0.3, 0.4) is 0 Å². The van der Waals surface area contributed by atoms with Crippen molar-refractivity contribution in [3.63, 3.8) is 0 Å². The first-order chi connectivity index (χ1) is 9.19.